The van der Waals surface area contributed by atoms with E-state index < -0.39 is 0 Å². The van der Waals surface area contributed by atoms with Gasteiger partial charge in [0, 0.05) is 31.7 Å². The number of ketones is 1. The standard InChI is InChI=1S/C23H25FN4O4/c1-16(29)17-3-8-21(20(24)13-17)28-11-9-27(10-12-28)14-23-25-22(26-32-23)15-31-19-6-4-18(30-2)5-7-19/h3-8,13H,9-12,14-15H2,1-2H3. The van der Waals surface area contributed by atoms with Gasteiger partial charge >= 0.3 is 0 Å². The first kappa shape index (κ1) is 21.8. The molecular formula is C23H25FN4O4. The van der Waals surface area contributed by atoms with Gasteiger partial charge in [0.1, 0.15) is 17.3 Å². The molecule has 1 aromatic heterocycles. The van der Waals surface area contributed by atoms with Crippen molar-refractivity contribution in [2.24, 2.45) is 0 Å². The number of benzene rings is 2. The Morgan fingerprint density at radius 2 is 1.81 bits per heavy atom. The molecule has 1 aliphatic rings. The lowest BCUT2D eigenvalue weighted by molar-refractivity contribution is 0.101. The number of hydrogen-bond acceptors (Lipinski definition) is 8. The van der Waals surface area contributed by atoms with Crippen LogP contribution in [0.3, 0.4) is 0 Å². The molecule has 1 aliphatic heterocycles. The lowest BCUT2D eigenvalue weighted by Crippen LogP contribution is -2.46. The molecule has 1 saturated heterocycles. The summed E-state index contributed by atoms with van der Waals surface area (Å²) >= 11 is 0. The van der Waals surface area contributed by atoms with Crippen molar-refractivity contribution >= 4 is 11.5 Å². The summed E-state index contributed by atoms with van der Waals surface area (Å²) < 4.78 is 30.6. The highest BCUT2D eigenvalue weighted by Crippen LogP contribution is 2.23. The van der Waals surface area contributed by atoms with Crippen molar-refractivity contribution in [3.8, 4) is 11.5 Å². The highest BCUT2D eigenvalue weighted by atomic mass is 19.1. The third kappa shape index (κ3) is 5.23. The van der Waals surface area contributed by atoms with E-state index >= 15 is 0 Å². The van der Waals surface area contributed by atoms with Gasteiger partial charge in [-0.1, -0.05) is 5.16 Å². The second kappa shape index (κ2) is 9.78. The van der Waals surface area contributed by atoms with E-state index in [-0.39, 0.29) is 18.2 Å². The molecule has 32 heavy (non-hydrogen) atoms. The zero-order valence-electron chi connectivity index (χ0n) is 18.1. The molecule has 8 nitrogen and oxygen atoms in total. The maximum absolute atomic E-state index is 14.4. The van der Waals surface area contributed by atoms with Crippen molar-refractivity contribution < 1.29 is 23.2 Å². The molecule has 0 radical (unpaired) electrons. The van der Waals surface area contributed by atoms with E-state index in [4.69, 9.17) is 14.0 Å². The van der Waals surface area contributed by atoms with Gasteiger partial charge in [-0.25, -0.2) is 4.39 Å². The van der Waals surface area contributed by atoms with Gasteiger partial charge < -0.3 is 18.9 Å². The Balaban J connectivity index is 1.26. The summed E-state index contributed by atoms with van der Waals surface area (Å²) in [4.78, 5) is 20.0. The van der Waals surface area contributed by atoms with E-state index in [0.29, 0.717) is 48.3 Å². The van der Waals surface area contributed by atoms with Crippen LogP contribution >= 0.6 is 0 Å². The van der Waals surface area contributed by atoms with E-state index in [0.717, 1.165) is 18.8 Å². The minimum Gasteiger partial charge on any atom is -0.497 e. The molecule has 4 rings (SSSR count). The molecule has 0 aliphatic carbocycles. The fourth-order valence-corrected chi connectivity index (χ4v) is 3.55. The van der Waals surface area contributed by atoms with Crippen LogP contribution in [0.1, 0.15) is 29.0 Å². The van der Waals surface area contributed by atoms with Crippen LogP contribution in [0, 0.1) is 5.82 Å². The van der Waals surface area contributed by atoms with Crippen LogP contribution in [0.5, 0.6) is 11.5 Å². The molecule has 2 aromatic carbocycles. The molecule has 168 valence electrons. The average molecular weight is 440 g/mol. The number of methoxy groups -OCH3 is 1. The van der Waals surface area contributed by atoms with Gasteiger partial charge in [-0.3, -0.25) is 9.69 Å². The number of carbonyl (C=O) groups excluding carboxylic acids is 1. The largest absolute Gasteiger partial charge is 0.497 e. The van der Waals surface area contributed by atoms with Gasteiger partial charge in [-0.15, -0.1) is 0 Å². The minimum absolute atomic E-state index is 0.145. The second-order valence-corrected chi connectivity index (χ2v) is 7.55. The lowest BCUT2D eigenvalue weighted by Gasteiger charge is -2.35. The smallest absolute Gasteiger partial charge is 0.240 e. The molecule has 0 atom stereocenters. The van der Waals surface area contributed by atoms with Gasteiger partial charge in [0.25, 0.3) is 0 Å². The number of halogens is 1. The van der Waals surface area contributed by atoms with Crippen LogP contribution in [0.2, 0.25) is 0 Å². The summed E-state index contributed by atoms with van der Waals surface area (Å²) in [6, 6.07) is 11.9. The summed E-state index contributed by atoms with van der Waals surface area (Å²) in [6.45, 7) is 4.95. The van der Waals surface area contributed by atoms with Crippen molar-refractivity contribution in [3.05, 3.63) is 65.6 Å². The lowest BCUT2D eigenvalue weighted by atomic mass is 10.1. The van der Waals surface area contributed by atoms with E-state index in [1.807, 2.05) is 29.2 Å². The molecule has 0 amide bonds. The number of piperazine rings is 1. The fourth-order valence-electron chi connectivity index (χ4n) is 3.55. The molecule has 3 aromatic rings. The molecule has 0 N–H and O–H groups in total. The molecule has 0 bridgehead atoms. The summed E-state index contributed by atoms with van der Waals surface area (Å²) in [5.41, 5.74) is 0.901. The number of anilines is 1. The third-order valence-corrected chi connectivity index (χ3v) is 5.36. The van der Waals surface area contributed by atoms with Gasteiger partial charge in [-0.2, -0.15) is 4.98 Å². The van der Waals surface area contributed by atoms with Gasteiger partial charge in [0.15, 0.2) is 12.4 Å². The Hall–Kier alpha value is -3.46. The van der Waals surface area contributed by atoms with Gasteiger partial charge in [-0.05, 0) is 49.4 Å². The zero-order valence-corrected chi connectivity index (χ0v) is 18.1. The quantitative estimate of drug-likeness (QED) is 0.494. The number of rotatable bonds is 8. The Morgan fingerprint density at radius 1 is 1.09 bits per heavy atom. The highest BCUT2D eigenvalue weighted by molar-refractivity contribution is 5.94. The van der Waals surface area contributed by atoms with Crippen LogP contribution in [-0.4, -0.2) is 54.1 Å². The molecule has 0 unspecified atom stereocenters. The monoisotopic (exact) mass is 440 g/mol. The number of aromatic nitrogens is 2. The Bertz CT molecular complexity index is 1060. The van der Waals surface area contributed by atoms with Crippen LogP contribution in [0.4, 0.5) is 10.1 Å². The van der Waals surface area contributed by atoms with Crippen molar-refractivity contribution in [1.82, 2.24) is 15.0 Å². The van der Waals surface area contributed by atoms with Crippen molar-refractivity contribution in [1.29, 1.82) is 0 Å². The van der Waals surface area contributed by atoms with Crippen LogP contribution in [-0.2, 0) is 13.2 Å². The number of ether oxygens (including phenoxy) is 2. The summed E-state index contributed by atoms with van der Waals surface area (Å²) in [5.74, 6) is 1.93. The average Bonchev–Trinajstić information content (AvgIpc) is 3.26. The molecular weight excluding hydrogens is 415 g/mol. The van der Waals surface area contributed by atoms with Crippen LogP contribution in [0.25, 0.3) is 0 Å². The first-order chi connectivity index (χ1) is 15.5. The molecule has 2 heterocycles. The zero-order chi connectivity index (χ0) is 22.5. The number of hydrogen-bond donors (Lipinski definition) is 0. The SMILES string of the molecule is COc1ccc(OCc2noc(CN3CCN(c4ccc(C(C)=O)cc4F)CC3)n2)cc1. The Labute approximate surface area is 185 Å². The Kier molecular flexibility index (Phi) is 6.65. The second-order valence-electron chi connectivity index (χ2n) is 7.55. The fraction of sp³-hybridized carbons (Fsp3) is 0.348. The van der Waals surface area contributed by atoms with E-state index in [1.165, 1.54) is 13.0 Å². The predicted molar refractivity (Wildman–Crippen MR) is 116 cm³/mol. The molecule has 9 heteroatoms. The summed E-state index contributed by atoms with van der Waals surface area (Å²) in [7, 11) is 1.61. The number of carbonyl (C=O) groups is 1. The molecule has 1 fully saturated rings. The minimum atomic E-state index is -0.371. The van der Waals surface area contributed by atoms with Crippen LogP contribution in [0.15, 0.2) is 47.0 Å². The van der Waals surface area contributed by atoms with Crippen molar-refractivity contribution in [2.45, 2.75) is 20.1 Å². The van der Waals surface area contributed by atoms with Crippen molar-refractivity contribution in [3.63, 3.8) is 0 Å². The first-order valence-electron chi connectivity index (χ1n) is 10.4. The van der Waals surface area contributed by atoms with E-state index in [1.54, 1.807) is 19.2 Å². The molecule has 0 saturated carbocycles. The normalized spacial score (nSPS) is 14.4. The topological polar surface area (TPSA) is 80.9 Å². The maximum atomic E-state index is 14.4. The summed E-state index contributed by atoms with van der Waals surface area (Å²) in [5, 5.41) is 3.98. The number of Topliss-reactive ketones (excluding diaryl/α,β-unsaturated/α-hetero) is 1. The number of nitrogens with zero attached hydrogens (tertiary/aromatic N) is 4. The molecule has 0 spiro atoms. The van der Waals surface area contributed by atoms with E-state index in [9.17, 15) is 9.18 Å². The summed E-state index contributed by atoms with van der Waals surface area (Å²) in [6.07, 6.45) is 0. The van der Waals surface area contributed by atoms with Crippen molar-refractivity contribution in [2.75, 3.05) is 38.2 Å². The van der Waals surface area contributed by atoms with E-state index in [2.05, 4.69) is 15.0 Å². The van der Waals surface area contributed by atoms with Gasteiger partial charge in [0.05, 0.1) is 19.3 Å². The Morgan fingerprint density at radius 3 is 2.47 bits per heavy atom. The third-order valence-electron chi connectivity index (χ3n) is 5.36. The maximum Gasteiger partial charge on any atom is 0.240 e. The van der Waals surface area contributed by atoms with Gasteiger partial charge in [0.2, 0.25) is 11.7 Å². The van der Waals surface area contributed by atoms with Crippen LogP contribution < -0.4 is 14.4 Å². The highest BCUT2D eigenvalue weighted by Gasteiger charge is 2.22. The predicted octanol–water partition coefficient (Wildman–Crippen LogP) is 3.32. The first-order valence-corrected chi connectivity index (χ1v) is 10.4.